The third-order valence-corrected chi connectivity index (χ3v) is 7.96. The minimum absolute atomic E-state index is 0.0435. The van der Waals surface area contributed by atoms with Crippen LogP contribution in [-0.4, -0.2) is 43.1 Å². The van der Waals surface area contributed by atoms with E-state index in [-0.39, 0.29) is 18.2 Å². The van der Waals surface area contributed by atoms with E-state index in [0.717, 1.165) is 9.87 Å². The summed E-state index contributed by atoms with van der Waals surface area (Å²) in [6.07, 6.45) is 4.31. The van der Waals surface area contributed by atoms with Gasteiger partial charge in [-0.2, -0.15) is 0 Å². The summed E-state index contributed by atoms with van der Waals surface area (Å²) in [6.45, 7) is 2.26. The summed E-state index contributed by atoms with van der Waals surface area (Å²) in [7, 11) is -3.76. The largest absolute Gasteiger partial charge is 0.356 e. The topological polar surface area (TPSA) is 108 Å². The maximum Gasteiger partial charge on any atom is 0.248 e. The van der Waals surface area contributed by atoms with Crippen molar-refractivity contribution in [3.63, 3.8) is 0 Å². The Morgan fingerprint density at radius 3 is 2.63 bits per heavy atom. The van der Waals surface area contributed by atoms with E-state index in [0.29, 0.717) is 30.8 Å². The number of pyridine rings is 1. The van der Waals surface area contributed by atoms with Crippen molar-refractivity contribution in [1.29, 1.82) is 0 Å². The molecule has 1 aromatic heterocycles. The molecule has 0 radical (unpaired) electrons. The third-order valence-electron chi connectivity index (χ3n) is 5.54. The Balaban J connectivity index is 1.51. The average Bonchev–Trinajstić information content (AvgIpc) is 3.47. The number of rotatable bonds is 7. The second kappa shape index (κ2) is 8.06. The number of amides is 2. The van der Waals surface area contributed by atoms with Crippen LogP contribution in [0.25, 0.3) is 0 Å². The third kappa shape index (κ3) is 4.02. The predicted octanol–water partition coefficient (Wildman–Crippen LogP) is 1.70. The average molecular weight is 429 g/mol. The molecular weight excluding hydrogens is 404 g/mol. The molecule has 0 spiro atoms. The van der Waals surface area contributed by atoms with Crippen molar-refractivity contribution in [1.82, 2.24) is 10.3 Å². The lowest BCUT2D eigenvalue weighted by Crippen LogP contribution is -2.53. The molecule has 1 saturated carbocycles. The van der Waals surface area contributed by atoms with Gasteiger partial charge in [-0.05, 0) is 48.6 Å². The summed E-state index contributed by atoms with van der Waals surface area (Å²) in [5.41, 5.74) is 1.88. The molecular formula is C21H24N4O4S. The Hall–Kier alpha value is -2.94. The molecule has 2 N–H and O–H groups in total. The predicted molar refractivity (Wildman–Crippen MR) is 113 cm³/mol. The maximum atomic E-state index is 13.3. The monoisotopic (exact) mass is 428 g/mol. The number of carbonyl (C=O) groups excluding carboxylic acids is 2. The molecule has 2 aromatic rings. The van der Waals surface area contributed by atoms with Gasteiger partial charge in [-0.3, -0.25) is 18.9 Å². The van der Waals surface area contributed by atoms with Crippen LogP contribution in [0.5, 0.6) is 0 Å². The zero-order chi connectivity index (χ0) is 21.3. The van der Waals surface area contributed by atoms with Crippen LogP contribution in [0.3, 0.4) is 0 Å². The first-order chi connectivity index (χ1) is 14.4. The van der Waals surface area contributed by atoms with Crippen molar-refractivity contribution in [2.24, 2.45) is 5.92 Å². The van der Waals surface area contributed by atoms with Gasteiger partial charge in [0.15, 0.2) is 0 Å². The molecule has 3 unspecified atom stereocenters. The molecule has 3 atom stereocenters. The molecule has 0 bridgehead atoms. The van der Waals surface area contributed by atoms with E-state index in [1.165, 1.54) is 0 Å². The van der Waals surface area contributed by atoms with E-state index in [1.807, 2.05) is 19.1 Å². The quantitative estimate of drug-likeness (QED) is 0.698. The van der Waals surface area contributed by atoms with E-state index < -0.39 is 27.2 Å². The Morgan fingerprint density at radius 2 is 1.93 bits per heavy atom. The van der Waals surface area contributed by atoms with E-state index in [9.17, 15) is 18.0 Å². The Morgan fingerprint density at radius 1 is 1.23 bits per heavy atom. The van der Waals surface area contributed by atoms with Gasteiger partial charge in [-0.1, -0.05) is 19.1 Å². The highest BCUT2D eigenvalue weighted by Gasteiger charge is 2.51. The zero-order valence-electron chi connectivity index (χ0n) is 16.6. The SMILES string of the molecule is CC1CC1S(=O)(=O)N1c2ccccc2NC(=O)C1CC(=O)NCCc1ccncc1. The first-order valence-electron chi connectivity index (χ1n) is 9.96. The van der Waals surface area contributed by atoms with Gasteiger partial charge in [0.1, 0.15) is 6.04 Å². The number of benzene rings is 1. The number of fused-ring (bicyclic) bond motifs is 1. The number of para-hydroxylation sites is 2. The standard InChI is InChI=1S/C21H24N4O4S/c1-14-12-19(14)30(28,29)25-17-5-3-2-4-16(17)24-21(27)18(25)13-20(26)23-11-8-15-6-9-22-10-7-15/h2-7,9-10,14,18-19H,8,11-13H2,1H3,(H,23,26)(H,24,27). The molecule has 2 amide bonds. The van der Waals surface area contributed by atoms with Crippen molar-refractivity contribution in [3.05, 3.63) is 54.4 Å². The number of carbonyl (C=O) groups is 2. The summed E-state index contributed by atoms with van der Waals surface area (Å²) < 4.78 is 27.7. The summed E-state index contributed by atoms with van der Waals surface area (Å²) in [5.74, 6) is -0.815. The number of nitrogens with one attached hydrogen (secondary N) is 2. The second-order valence-electron chi connectivity index (χ2n) is 7.77. The minimum atomic E-state index is -3.76. The molecule has 30 heavy (non-hydrogen) atoms. The molecule has 1 aromatic carbocycles. The van der Waals surface area contributed by atoms with Crippen LogP contribution in [0, 0.1) is 5.92 Å². The number of hydrogen-bond acceptors (Lipinski definition) is 5. The van der Waals surface area contributed by atoms with E-state index in [4.69, 9.17) is 0 Å². The van der Waals surface area contributed by atoms with Crippen LogP contribution in [0.4, 0.5) is 11.4 Å². The fourth-order valence-corrected chi connectivity index (χ4v) is 6.13. The fraction of sp³-hybridized carbons (Fsp3) is 0.381. The second-order valence-corrected chi connectivity index (χ2v) is 9.80. The summed E-state index contributed by atoms with van der Waals surface area (Å²) in [5, 5.41) is 5.01. The number of nitrogens with zero attached hydrogens (tertiary/aromatic N) is 2. The van der Waals surface area contributed by atoms with Gasteiger partial charge >= 0.3 is 0 Å². The van der Waals surface area contributed by atoms with Crippen molar-refractivity contribution < 1.29 is 18.0 Å². The Kier molecular flexibility index (Phi) is 5.46. The molecule has 2 heterocycles. The molecule has 158 valence electrons. The lowest BCUT2D eigenvalue weighted by Gasteiger charge is -2.37. The maximum absolute atomic E-state index is 13.3. The van der Waals surface area contributed by atoms with Crippen molar-refractivity contribution in [2.75, 3.05) is 16.2 Å². The van der Waals surface area contributed by atoms with Crippen LogP contribution in [0.15, 0.2) is 48.8 Å². The van der Waals surface area contributed by atoms with Crippen molar-refractivity contribution in [2.45, 2.75) is 37.5 Å². The van der Waals surface area contributed by atoms with Gasteiger partial charge in [0.2, 0.25) is 21.8 Å². The first-order valence-corrected chi connectivity index (χ1v) is 11.5. The van der Waals surface area contributed by atoms with Gasteiger partial charge in [-0.25, -0.2) is 8.42 Å². The van der Waals surface area contributed by atoms with E-state index >= 15 is 0 Å². The zero-order valence-corrected chi connectivity index (χ0v) is 17.4. The summed E-state index contributed by atoms with van der Waals surface area (Å²) in [6, 6.07) is 9.39. The molecule has 1 aliphatic heterocycles. The van der Waals surface area contributed by atoms with Crippen LogP contribution in [0.1, 0.15) is 25.3 Å². The van der Waals surface area contributed by atoms with Gasteiger partial charge in [0.05, 0.1) is 23.0 Å². The van der Waals surface area contributed by atoms with E-state index in [2.05, 4.69) is 15.6 Å². The molecule has 8 nitrogen and oxygen atoms in total. The Labute approximate surface area is 175 Å². The highest BCUT2D eigenvalue weighted by atomic mass is 32.2. The molecule has 0 saturated heterocycles. The first kappa shape index (κ1) is 20.3. The summed E-state index contributed by atoms with van der Waals surface area (Å²) in [4.78, 5) is 29.3. The van der Waals surface area contributed by atoms with Gasteiger partial charge in [0.25, 0.3) is 0 Å². The van der Waals surface area contributed by atoms with Gasteiger partial charge in [0, 0.05) is 18.9 Å². The normalized spacial score (nSPS) is 22.8. The lowest BCUT2D eigenvalue weighted by molar-refractivity contribution is -0.125. The molecule has 1 aliphatic carbocycles. The van der Waals surface area contributed by atoms with Crippen LogP contribution >= 0.6 is 0 Å². The molecule has 1 fully saturated rings. The van der Waals surface area contributed by atoms with Gasteiger partial charge in [-0.15, -0.1) is 0 Å². The van der Waals surface area contributed by atoms with Crippen LogP contribution in [-0.2, 0) is 26.0 Å². The fourth-order valence-electron chi connectivity index (χ4n) is 3.74. The highest BCUT2D eigenvalue weighted by Crippen LogP contribution is 2.43. The molecule has 4 rings (SSSR count). The number of anilines is 2. The molecule has 2 aliphatic rings. The number of aromatic nitrogens is 1. The van der Waals surface area contributed by atoms with Crippen LogP contribution in [0.2, 0.25) is 0 Å². The number of hydrogen-bond donors (Lipinski definition) is 2. The van der Waals surface area contributed by atoms with Crippen molar-refractivity contribution in [3.8, 4) is 0 Å². The minimum Gasteiger partial charge on any atom is -0.356 e. The highest BCUT2D eigenvalue weighted by molar-refractivity contribution is 7.93. The van der Waals surface area contributed by atoms with Gasteiger partial charge < -0.3 is 10.6 Å². The Bertz CT molecular complexity index is 1060. The van der Waals surface area contributed by atoms with E-state index in [1.54, 1.807) is 36.7 Å². The summed E-state index contributed by atoms with van der Waals surface area (Å²) >= 11 is 0. The number of sulfonamides is 1. The molecule has 9 heteroatoms. The smallest absolute Gasteiger partial charge is 0.248 e. The lowest BCUT2D eigenvalue weighted by atomic mass is 10.1. The van der Waals surface area contributed by atoms with Crippen LogP contribution < -0.4 is 14.9 Å². The van der Waals surface area contributed by atoms with Crippen molar-refractivity contribution >= 4 is 33.2 Å².